The number of benzene rings is 2. The van der Waals surface area contributed by atoms with Gasteiger partial charge in [-0.2, -0.15) is 10.1 Å². The van der Waals surface area contributed by atoms with Crippen LogP contribution >= 0.6 is 11.6 Å². The smallest absolute Gasteiger partial charge is 0.263 e. The lowest BCUT2D eigenvalue weighted by Gasteiger charge is -2.19. The van der Waals surface area contributed by atoms with E-state index in [-0.39, 0.29) is 12.4 Å². The summed E-state index contributed by atoms with van der Waals surface area (Å²) < 4.78 is 5.33. The number of rotatable bonds is 4. The lowest BCUT2D eigenvalue weighted by Crippen LogP contribution is -2.39. The maximum absolute atomic E-state index is 13.1. The number of nitrogens with zero attached hydrogens (tertiary/aromatic N) is 6. The van der Waals surface area contributed by atoms with Gasteiger partial charge in [-0.05, 0) is 31.5 Å². The molecule has 0 N–H and O–H groups in total. The van der Waals surface area contributed by atoms with E-state index < -0.39 is 23.9 Å². The van der Waals surface area contributed by atoms with Crippen LogP contribution < -0.4 is 4.90 Å². The van der Waals surface area contributed by atoms with Gasteiger partial charge in [0, 0.05) is 10.6 Å². The molecular weight excluding hydrogens is 420 g/mol. The molecule has 3 aromatic rings. The maximum atomic E-state index is 13.1. The Morgan fingerprint density at radius 1 is 1.06 bits per heavy atom. The van der Waals surface area contributed by atoms with Gasteiger partial charge in [-0.1, -0.05) is 57.9 Å². The number of carbonyl (C=O) groups excluding carboxylic acids is 2. The van der Waals surface area contributed by atoms with E-state index >= 15 is 0 Å². The third kappa shape index (κ3) is 3.27. The molecule has 156 valence electrons. The van der Waals surface area contributed by atoms with Crippen LogP contribution in [0.4, 0.5) is 5.69 Å². The van der Waals surface area contributed by atoms with Gasteiger partial charge in [0.2, 0.25) is 11.7 Å². The molecular formula is C21H17ClN6O3. The van der Waals surface area contributed by atoms with Crippen LogP contribution in [0.1, 0.15) is 17.0 Å². The molecule has 1 saturated heterocycles. The van der Waals surface area contributed by atoms with Gasteiger partial charge in [0.25, 0.3) is 11.8 Å². The van der Waals surface area contributed by atoms with Crippen LogP contribution in [0, 0.1) is 13.8 Å². The fraction of sp³-hybridized carbons (Fsp3) is 0.238. The minimum absolute atomic E-state index is 0.0606. The number of halogens is 1. The van der Waals surface area contributed by atoms with Gasteiger partial charge >= 0.3 is 0 Å². The molecule has 2 aromatic carbocycles. The summed E-state index contributed by atoms with van der Waals surface area (Å²) in [5.74, 6) is -0.148. The van der Waals surface area contributed by atoms with E-state index in [0.717, 1.165) is 21.6 Å². The molecule has 2 aliphatic rings. The van der Waals surface area contributed by atoms with Crippen LogP contribution in [0.15, 0.2) is 57.3 Å². The molecule has 2 atom stereocenters. The van der Waals surface area contributed by atoms with Crippen molar-refractivity contribution in [3.63, 3.8) is 0 Å². The van der Waals surface area contributed by atoms with Crippen molar-refractivity contribution in [1.82, 2.24) is 15.1 Å². The number of hydrogen-bond donors (Lipinski definition) is 0. The SMILES string of the molecule is Cc1ccc(-c2noc(CN3N=N[C@@H]4C(=O)N(c5ccc(C)c(Cl)c5)C(=O)[C@H]43)n2)cc1. The molecule has 1 aromatic heterocycles. The minimum Gasteiger partial charge on any atom is -0.337 e. The highest BCUT2D eigenvalue weighted by molar-refractivity contribution is 6.32. The average Bonchev–Trinajstić information content (AvgIpc) is 3.44. The van der Waals surface area contributed by atoms with E-state index in [1.54, 1.807) is 18.2 Å². The Kier molecular flexibility index (Phi) is 4.55. The number of amides is 2. The predicted molar refractivity (Wildman–Crippen MR) is 111 cm³/mol. The topological polar surface area (TPSA) is 104 Å². The molecule has 5 rings (SSSR count). The molecule has 0 aliphatic carbocycles. The standard InChI is InChI=1S/C21H17ClN6O3/c1-11-3-6-13(7-4-11)19-23-16(31-25-19)10-27-18-17(24-26-27)20(29)28(21(18)30)14-8-5-12(2)15(22)9-14/h3-9,17-18H,10H2,1-2H3/t17-,18-/m0/s1. The number of anilines is 1. The summed E-state index contributed by atoms with van der Waals surface area (Å²) in [6.07, 6.45) is 0. The third-order valence-electron chi connectivity index (χ3n) is 5.35. The van der Waals surface area contributed by atoms with E-state index in [1.165, 1.54) is 5.01 Å². The van der Waals surface area contributed by atoms with Crippen molar-refractivity contribution in [1.29, 1.82) is 0 Å². The van der Waals surface area contributed by atoms with E-state index in [0.29, 0.717) is 16.5 Å². The number of carbonyl (C=O) groups is 2. The Morgan fingerprint density at radius 3 is 2.58 bits per heavy atom. The molecule has 10 heteroatoms. The van der Waals surface area contributed by atoms with Gasteiger partial charge in [0.15, 0.2) is 12.1 Å². The molecule has 0 radical (unpaired) electrons. The molecule has 3 heterocycles. The lowest BCUT2D eigenvalue weighted by atomic mass is 10.1. The summed E-state index contributed by atoms with van der Waals surface area (Å²) >= 11 is 6.18. The van der Waals surface area contributed by atoms with Crippen LogP contribution in [0.5, 0.6) is 0 Å². The van der Waals surface area contributed by atoms with Crippen LogP contribution in [0.2, 0.25) is 5.02 Å². The fourth-order valence-electron chi connectivity index (χ4n) is 3.61. The molecule has 0 spiro atoms. The summed E-state index contributed by atoms with van der Waals surface area (Å²) in [5.41, 5.74) is 3.21. The van der Waals surface area contributed by atoms with Crippen molar-refractivity contribution < 1.29 is 14.1 Å². The summed E-state index contributed by atoms with van der Waals surface area (Å²) in [5, 5.41) is 13.9. The number of hydrogen-bond acceptors (Lipinski definition) is 8. The first-order chi connectivity index (χ1) is 14.9. The van der Waals surface area contributed by atoms with Gasteiger partial charge in [-0.25, -0.2) is 4.90 Å². The van der Waals surface area contributed by atoms with Crippen LogP contribution in [-0.4, -0.2) is 39.0 Å². The summed E-state index contributed by atoms with van der Waals surface area (Å²) in [4.78, 5) is 31.4. The third-order valence-corrected chi connectivity index (χ3v) is 5.75. The first kappa shape index (κ1) is 19.4. The first-order valence-electron chi connectivity index (χ1n) is 9.63. The van der Waals surface area contributed by atoms with Crippen LogP contribution in [-0.2, 0) is 16.1 Å². The van der Waals surface area contributed by atoms with Gasteiger partial charge in [0.1, 0.15) is 6.54 Å². The molecule has 9 nitrogen and oxygen atoms in total. The van der Waals surface area contributed by atoms with Crippen molar-refractivity contribution in [3.8, 4) is 11.4 Å². The van der Waals surface area contributed by atoms with Gasteiger partial charge in [0.05, 0.1) is 5.69 Å². The number of fused-ring (bicyclic) bond motifs is 1. The van der Waals surface area contributed by atoms with Crippen molar-refractivity contribution in [2.75, 3.05) is 4.90 Å². The van der Waals surface area contributed by atoms with Crippen molar-refractivity contribution in [2.24, 2.45) is 10.3 Å². The van der Waals surface area contributed by atoms with Gasteiger partial charge < -0.3 is 4.52 Å². The zero-order valence-electron chi connectivity index (χ0n) is 16.7. The number of imide groups is 1. The summed E-state index contributed by atoms with van der Waals surface area (Å²) in [7, 11) is 0. The molecule has 31 heavy (non-hydrogen) atoms. The highest BCUT2D eigenvalue weighted by Crippen LogP contribution is 2.34. The van der Waals surface area contributed by atoms with E-state index in [4.69, 9.17) is 16.1 Å². The Morgan fingerprint density at radius 2 is 1.84 bits per heavy atom. The van der Waals surface area contributed by atoms with E-state index in [1.807, 2.05) is 38.1 Å². The predicted octanol–water partition coefficient (Wildman–Crippen LogP) is 3.50. The molecule has 1 fully saturated rings. The fourth-order valence-corrected chi connectivity index (χ4v) is 3.78. The largest absolute Gasteiger partial charge is 0.337 e. The Bertz CT molecular complexity index is 1220. The zero-order valence-corrected chi connectivity index (χ0v) is 17.4. The normalized spacial score (nSPS) is 20.1. The highest BCUT2D eigenvalue weighted by Gasteiger charge is 2.55. The summed E-state index contributed by atoms with van der Waals surface area (Å²) in [6.45, 7) is 3.90. The molecule has 0 bridgehead atoms. The Hall–Kier alpha value is -3.59. The Balaban J connectivity index is 1.36. The van der Waals surface area contributed by atoms with E-state index in [9.17, 15) is 9.59 Å². The van der Waals surface area contributed by atoms with Crippen LogP contribution in [0.3, 0.4) is 0 Å². The molecule has 0 unspecified atom stereocenters. The minimum atomic E-state index is -0.910. The van der Waals surface area contributed by atoms with E-state index in [2.05, 4.69) is 20.5 Å². The molecule has 2 amide bonds. The van der Waals surface area contributed by atoms with Crippen LogP contribution in [0.25, 0.3) is 11.4 Å². The van der Waals surface area contributed by atoms with Crippen molar-refractivity contribution in [2.45, 2.75) is 32.5 Å². The average molecular weight is 437 g/mol. The quantitative estimate of drug-likeness (QED) is 0.580. The Labute approximate surface area is 182 Å². The van der Waals surface area contributed by atoms with Gasteiger partial charge in [-0.15, -0.1) is 0 Å². The van der Waals surface area contributed by atoms with Crippen molar-refractivity contribution >= 4 is 29.1 Å². The first-order valence-corrected chi connectivity index (χ1v) is 10.0. The monoisotopic (exact) mass is 436 g/mol. The zero-order chi connectivity index (χ0) is 21.7. The second-order valence-electron chi connectivity index (χ2n) is 7.52. The second kappa shape index (κ2) is 7.28. The van der Waals surface area contributed by atoms with Crippen molar-refractivity contribution in [3.05, 3.63) is 64.5 Å². The van der Waals surface area contributed by atoms with Gasteiger partial charge in [-0.3, -0.25) is 14.6 Å². The lowest BCUT2D eigenvalue weighted by molar-refractivity contribution is -0.123. The maximum Gasteiger partial charge on any atom is 0.263 e. The molecule has 0 saturated carbocycles. The summed E-state index contributed by atoms with van der Waals surface area (Å²) in [6, 6.07) is 11.0. The number of aromatic nitrogens is 2. The number of aryl methyl sites for hydroxylation is 2. The molecule has 2 aliphatic heterocycles. The highest BCUT2D eigenvalue weighted by atomic mass is 35.5. The second-order valence-corrected chi connectivity index (χ2v) is 7.92.